The highest BCUT2D eigenvalue weighted by molar-refractivity contribution is 9.11. The highest BCUT2D eigenvalue weighted by atomic mass is 79.9. The molecule has 0 bridgehead atoms. The van der Waals surface area contributed by atoms with Gasteiger partial charge in [-0.2, -0.15) is 0 Å². The summed E-state index contributed by atoms with van der Waals surface area (Å²) in [5.74, 6) is -0.561. The van der Waals surface area contributed by atoms with Crippen molar-refractivity contribution in [2.75, 3.05) is 5.32 Å². The highest BCUT2D eigenvalue weighted by Crippen LogP contribution is 2.19. The predicted octanol–water partition coefficient (Wildman–Crippen LogP) is 0.630. The fourth-order valence-corrected chi connectivity index (χ4v) is 2.09. The fourth-order valence-electron chi connectivity index (χ4n) is 1.18. The summed E-state index contributed by atoms with van der Waals surface area (Å²) >= 11 is 6.23. The molecule has 0 aromatic carbocycles. The van der Waals surface area contributed by atoms with E-state index in [0.29, 0.717) is 9.21 Å². The zero-order chi connectivity index (χ0) is 14.0. The third-order valence-electron chi connectivity index (χ3n) is 2.00. The van der Waals surface area contributed by atoms with Gasteiger partial charge < -0.3 is 10.3 Å². The fraction of sp³-hybridized carbons (Fsp3) is 0. The summed E-state index contributed by atoms with van der Waals surface area (Å²) < 4.78 is 0.787. The molecule has 0 fully saturated rings. The molecule has 0 saturated heterocycles. The molecule has 0 atom stereocenters. The minimum Gasteiger partial charge on any atom is -0.313 e. The lowest BCUT2D eigenvalue weighted by Crippen LogP contribution is -2.30. The van der Waals surface area contributed by atoms with Gasteiger partial charge in [0.05, 0.1) is 6.20 Å². The van der Waals surface area contributed by atoms with Crippen molar-refractivity contribution >= 4 is 43.6 Å². The van der Waals surface area contributed by atoms with Crippen molar-refractivity contribution in [3.63, 3.8) is 0 Å². The Bertz CT molecular complexity index is 754. The van der Waals surface area contributed by atoms with E-state index in [1.807, 2.05) is 4.98 Å². The van der Waals surface area contributed by atoms with Crippen molar-refractivity contribution in [1.82, 2.24) is 19.9 Å². The number of nitrogens with zero attached hydrogens (tertiary/aromatic N) is 2. The number of hydrogen-bond acceptors (Lipinski definition) is 5. The van der Waals surface area contributed by atoms with Crippen LogP contribution < -0.4 is 16.6 Å². The largest absolute Gasteiger partial charge is 0.325 e. The second-order valence-electron chi connectivity index (χ2n) is 3.27. The Morgan fingerprint density at radius 2 is 2.05 bits per heavy atom. The van der Waals surface area contributed by atoms with E-state index in [1.165, 1.54) is 6.20 Å². The maximum absolute atomic E-state index is 11.8. The lowest BCUT2D eigenvalue weighted by atomic mass is 10.3. The number of halogens is 2. The zero-order valence-corrected chi connectivity index (χ0v) is 12.2. The molecular weight excluding hydrogens is 386 g/mol. The molecule has 19 heavy (non-hydrogen) atoms. The molecule has 1 amide bonds. The molecule has 2 aromatic rings. The van der Waals surface area contributed by atoms with Crippen molar-refractivity contribution in [2.45, 2.75) is 0 Å². The summed E-state index contributed by atoms with van der Waals surface area (Å²) in [7, 11) is 0. The molecule has 0 saturated carbocycles. The summed E-state index contributed by atoms with van der Waals surface area (Å²) in [4.78, 5) is 46.1. The first kappa shape index (κ1) is 13.6. The molecule has 0 aliphatic heterocycles. The van der Waals surface area contributed by atoms with Crippen LogP contribution in [-0.4, -0.2) is 25.8 Å². The number of nitrogens with one attached hydrogen (secondary N) is 3. The van der Waals surface area contributed by atoms with Crippen LogP contribution in [0.2, 0.25) is 0 Å². The minimum absolute atomic E-state index is 0.152. The van der Waals surface area contributed by atoms with Crippen molar-refractivity contribution in [3.05, 3.63) is 48.0 Å². The molecule has 10 heteroatoms. The second-order valence-corrected chi connectivity index (χ2v) is 4.84. The van der Waals surface area contributed by atoms with E-state index >= 15 is 0 Å². The van der Waals surface area contributed by atoms with Gasteiger partial charge in [-0.25, -0.2) is 14.8 Å². The monoisotopic (exact) mass is 389 g/mol. The van der Waals surface area contributed by atoms with Crippen LogP contribution in [0.5, 0.6) is 0 Å². The van der Waals surface area contributed by atoms with Crippen molar-refractivity contribution in [3.8, 4) is 0 Å². The maximum Gasteiger partial charge on any atom is 0.325 e. The highest BCUT2D eigenvalue weighted by Gasteiger charge is 2.14. The number of amides is 1. The van der Waals surface area contributed by atoms with Crippen molar-refractivity contribution in [2.24, 2.45) is 0 Å². The van der Waals surface area contributed by atoms with Gasteiger partial charge in [-0.15, -0.1) is 0 Å². The molecule has 0 unspecified atom stereocenters. The lowest BCUT2D eigenvalue weighted by Gasteiger charge is -2.05. The average molecular weight is 391 g/mol. The average Bonchev–Trinajstić information content (AvgIpc) is 2.32. The molecule has 2 heterocycles. The number of hydrogen-bond donors (Lipinski definition) is 3. The molecule has 0 aliphatic rings. The third kappa shape index (κ3) is 3.15. The molecule has 2 aromatic heterocycles. The molecule has 0 spiro atoms. The number of aromatic amines is 2. The second kappa shape index (κ2) is 5.45. The Morgan fingerprint density at radius 1 is 1.32 bits per heavy atom. The van der Waals surface area contributed by atoms with Crippen molar-refractivity contribution < 1.29 is 4.79 Å². The van der Waals surface area contributed by atoms with Gasteiger partial charge in [0.2, 0.25) is 0 Å². The Hall–Kier alpha value is -1.81. The number of carbonyl (C=O) groups is 1. The van der Waals surface area contributed by atoms with Crippen LogP contribution in [0, 0.1) is 0 Å². The SMILES string of the molecule is O=C(Nc1ncc(Br)nc1Br)c1c[nH]c(=O)[nH]c1=O. The number of aromatic nitrogens is 4. The summed E-state index contributed by atoms with van der Waals surface area (Å²) in [6.07, 6.45) is 2.41. The van der Waals surface area contributed by atoms with Gasteiger partial charge in [-0.05, 0) is 31.9 Å². The zero-order valence-electron chi connectivity index (χ0n) is 9.03. The lowest BCUT2D eigenvalue weighted by molar-refractivity contribution is 0.102. The first-order chi connectivity index (χ1) is 8.97. The standard InChI is InChI=1S/C9H5Br2N5O3/c10-4-2-12-6(5(11)14-4)15-7(17)3-1-13-9(19)16-8(3)18/h1-2H,(H,12,15,17)(H2,13,16,18,19). The Labute approximate surface area is 122 Å². The van der Waals surface area contributed by atoms with E-state index < -0.39 is 17.2 Å². The third-order valence-corrected chi connectivity index (χ3v) is 2.93. The van der Waals surface area contributed by atoms with Gasteiger partial charge in [-0.3, -0.25) is 14.6 Å². The van der Waals surface area contributed by atoms with E-state index in [9.17, 15) is 14.4 Å². The van der Waals surface area contributed by atoms with Gasteiger partial charge >= 0.3 is 5.69 Å². The number of anilines is 1. The van der Waals surface area contributed by atoms with Crippen LogP contribution in [-0.2, 0) is 0 Å². The molecule has 8 nitrogen and oxygen atoms in total. The smallest absolute Gasteiger partial charge is 0.313 e. The molecular formula is C9H5Br2N5O3. The number of H-pyrrole nitrogens is 2. The van der Waals surface area contributed by atoms with E-state index in [1.54, 1.807) is 0 Å². The first-order valence-corrected chi connectivity index (χ1v) is 6.37. The van der Waals surface area contributed by atoms with Crippen LogP contribution in [0.25, 0.3) is 0 Å². The normalized spacial score (nSPS) is 10.2. The Balaban J connectivity index is 2.31. The summed E-state index contributed by atoms with van der Waals surface area (Å²) in [5, 5.41) is 2.39. The first-order valence-electron chi connectivity index (χ1n) is 4.79. The van der Waals surface area contributed by atoms with E-state index in [4.69, 9.17) is 0 Å². The van der Waals surface area contributed by atoms with Gasteiger partial charge in [0, 0.05) is 6.20 Å². The summed E-state index contributed by atoms with van der Waals surface area (Å²) in [5.41, 5.74) is -1.72. The van der Waals surface area contributed by atoms with E-state index in [2.05, 4.69) is 52.1 Å². The minimum atomic E-state index is -0.789. The van der Waals surface area contributed by atoms with Crippen LogP contribution >= 0.6 is 31.9 Å². The van der Waals surface area contributed by atoms with Gasteiger partial charge in [0.15, 0.2) is 5.82 Å². The summed E-state index contributed by atoms with van der Waals surface area (Å²) in [6.45, 7) is 0. The summed E-state index contributed by atoms with van der Waals surface area (Å²) in [6, 6.07) is 0. The topological polar surface area (TPSA) is 121 Å². The van der Waals surface area contributed by atoms with E-state index in [-0.39, 0.29) is 11.4 Å². The number of rotatable bonds is 2. The molecule has 0 radical (unpaired) electrons. The van der Waals surface area contributed by atoms with Gasteiger partial charge in [0.25, 0.3) is 11.5 Å². The molecule has 98 valence electrons. The predicted molar refractivity (Wildman–Crippen MR) is 73.1 cm³/mol. The van der Waals surface area contributed by atoms with Crippen LogP contribution in [0.15, 0.2) is 31.2 Å². The Kier molecular flexibility index (Phi) is 3.90. The van der Waals surface area contributed by atoms with Crippen LogP contribution in [0.1, 0.15) is 10.4 Å². The Morgan fingerprint density at radius 3 is 2.68 bits per heavy atom. The molecule has 2 rings (SSSR count). The number of carbonyl (C=O) groups excluding carboxylic acids is 1. The maximum atomic E-state index is 11.8. The molecule has 3 N–H and O–H groups in total. The van der Waals surface area contributed by atoms with Crippen LogP contribution in [0.4, 0.5) is 5.82 Å². The van der Waals surface area contributed by atoms with Gasteiger partial charge in [-0.1, -0.05) is 0 Å². The van der Waals surface area contributed by atoms with E-state index in [0.717, 1.165) is 6.20 Å². The quantitative estimate of drug-likeness (QED) is 0.694. The van der Waals surface area contributed by atoms with Crippen molar-refractivity contribution in [1.29, 1.82) is 0 Å². The molecule has 0 aliphatic carbocycles. The van der Waals surface area contributed by atoms with Gasteiger partial charge in [0.1, 0.15) is 14.8 Å². The van der Waals surface area contributed by atoms with Crippen LogP contribution in [0.3, 0.4) is 0 Å².